The Morgan fingerprint density at radius 2 is 1.71 bits per heavy atom. The largest absolute Gasteiger partial charge is 0.490 e. The van der Waals surface area contributed by atoms with Crippen LogP contribution in [0.5, 0.6) is 23.0 Å². The molecule has 0 radical (unpaired) electrons. The Balaban J connectivity index is 1.71. The molecule has 0 spiro atoms. The molecule has 0 aromatic heterocycles. The van der Waals surface area contributed by atoms with Crippen LogP contribution in [0.2, 0.25) is 0 Å². The minimum atomic E-state index is -3.79. The van der Waals surface area contributed by atoms with E-state index in [1.54, 1.807) is 48.5 Å². The van der Waals surface area contributed by atoms with Crippen molar-refractivity contribution < 1.29 is 27.4 Å². The van der Waals surface area contributed by atoms with Crippen molar-refractivity contribution >= 4 is 27.8 Å². The predicted octanol–water partition coefficient (Wildman–Crippen LogP) is 4.75. The van der Waals surface area contributed by atoms with Crippen LogP contribution in [0, 0.1) is 0 Å². The fourth-order valence-corrected chi connectivity index (χ4v) is 4.67. The van der Waals surface area contributed by atoms with Crippen LogP contribution in [0.1, 0.15) is 19.4 Å². The molecular formula is C28H31N3O6S. The molecule has 0 unspecified atom stereocenters. The van der Waals surface area contributed by atoms with Gasteiger partial charge in [0.25, 0.3) is 5.91 Å². The normalized spacial score (nSPS) is 12.0. The zero-order valence-electron chi connectivity index (χ0n) is 21.5. The third kappa shape index (κ3) is 7.84. The summed E-state index contributed by atoms with van der Waals surface area (Å²) in [5, 5.41) is 4.00. The third-order valence-corrected chi connectivity index (χ3v) is 6.41. The molecule has 0 fully saturated rings. The molecule has 3 aromatic carbocycles. The number of benzene rings is 3. The number of sulfonamides is 1. The van der Waals surface area contributed by atoms with Gasteiger partial charge in [-0.1, -0.05) is 30.9 Å². The van der Waals surface area contributed by atoms with Gasteiger partial charge in [0.1, 0.15) is 24.1 Å². The second-order valence-corrected chi connectivity index (χ2v) is 9.98. The maximum absolute atomic E-state index is 12.8. The van der Waals surface area contributed by atoms with Gasteiger partial charge in [0.05, 0.1) is 24.8 Å². The maximum atomic E-state index is 12.8. The van der Waals surface area contributed by atoms with Crippen LogP contribution in [0.3, 0.4) is 0 Å². The van der Waals surface area contributed by atoms with E-state index in [1.165, 1.54) is 13.1 Å². The SMILES string of the molecule is C=CCOc1ccc(/C=N\NC(=O)[C@H](C)N(c2ccc(Oc3ccccc3)cc2)S(C)(=O)=O)cc1OCC. The summed E-state index contributed by atoms with van der Waals surface area (Å²) >= 11 is 0. The number of rotatable bonds is 13. The molecule has 1 N–H and O–H groups in total. The highest BCUT2D eigenvalue weighted by molar-refractivity contribution is 7.92. The Labute approximate surface area is 223 Å². The number of ether oxygens (including phenoxy) is 3. The standard InChI is InChI=1S/C28H31N3O6S/c1-5-18-36-26-17-12-22(19-27(26)35-6-2)20-29-30-28(32)21(3)31(38(4,33)34)23-13-15-25(16-14-23)37-24-10-8-7-9-11-24/h5,7-17,19-21H,1,6,18H2,2-4H3,(H,30,32)/b29-20-/t21-/m0/s1. The molecule has 200 valence electrons. The molecule has 38 heavy (non-hydrogen) atoms. The summed E-state index contributed by atoms with van der Waals surface area (Å²) in [5.41, 5.74) is 3.38. The quantitative estimate of drug-likeness (QED) is 0.192. The Morgan fingerprint density at radius 3 is 2.34 bits per heavy atom. The van der Waals surface area contributed by atoms with E-state index in [2.05, 4.69) is 17.1 Å². The van der Waals surface area contributed by atoms with Crippen LogP contribution < -0.4 is 23.9 Å². The number of nitrogens with one attached hydrogen (secondary N) is 1. The Kier molecular flexibility index (Phi) is 9.89. The Hall–Kier alpha value is -4.31. The van der Waals surface area contributed by atoms with Gasteiger partial charge < -0.3 is 14.2 Å². The van der Waals surface area contributed by atoms with Crippen molar-refractivity contribution in [2.24, 2.45) is 5.10 Å². The molecule has 10 heteroatoms. The third-order valence-electron chi connectivity index (χ3n) is 5.17. The summed E-state index contributed by atoms with van der Waals surface area (Å²) in [6.07, 6.45) is 4.11. The van der Waals surface area contributed by atoms with Crippen molar-refractivity contribution in [3.8, 4) is 23.0 Å². The molecular weight excluding hydrogens is 506 g/mol. The zero-order valence-corrected chi connectivity index (χ0v) is 22.4. The van der Waals surface area contributed by atoms with Crippen molar-refractivity contribution in [1.82, 2.24) is 5.43 Å². The fourth-order valence-electron chi connectivity index (χ4n) is 3.50. The number of hydrogen-bond acceptors (Lipinski definition) is 7. The molecule has 0 aliphatic rings. The number of carbonyl (C=O) groups is 1. The minimum Gasteiger partial charge on any atom is -0.490 e. The van der Waals surface area contributed by atoms with E-state index in [1.807, 2.05) is 37.3 Å². The molecule has 9 nitrogen and oxygen atoms in total. The monoisotopic (exact) mass is 537 g/mol. The number of carbonyl (C=O) groups excluding carboxylic acids is 1. The average Bonchev–Trinajstić information content (AvgIpc) is 2.89. The van der Waals surface area contributed by atoms with Gasteiger partial charge in [0, 0.05) is 0 Å². The number of hydrazone groups is 1. The van der Waals surface area contributed by atoms with Crippen LogP contribution in [0.25, 0.3) is 0 Å². The van der Waals surface area contributed by atoms with E-state index >= 15 is 0 Å². The first-order chi connectivity index (χ1) is 18.2. The molecule has 0 bridgehead atoms. The predicted molar refractivity (Wildman–Crippen MR) is 149 cm³/mol. The van der Waals surface area contributed by atoms with E-state index in [4.69, 9.17) is 14.2 Å². The molecule has 3 rings (SSSR count). The van der Waals surface area contributed by atoms with Crippen LogP contribution >= 0.6 is 0 Å². The lowest BCUT2D eigenvalue weighted by Gasteiger charge is -2.27. The summed E-state index contributed by atoms with van der Waals surface area (Å²) in [5.74, 6) is 1.67. The summed E-state index contributed by atoms with van der Waals surface area (Å²) in [6, 6.07) is 19.8. The van der Waals surface area contributed by atoms with Crippen molar-refractivity contribution in [3.05, 3.63) is 91.0 Å². The highest BCUT2D eigenvalue weighted by Gasteiger charge is 2.29. The second kappa shape index (κ2) is 13.3. The minimum absolute atomic E-state index is 0.316. The molecule has 3 aromatic rings. The summed E-state index contributed by atoms with van der Waals surface area (Å²) in [7, 11) is -3.79. The molecule has 0 aliphatic carbocycles. The van der Waals surface area contributed by atoms with Crippen LogP contribution in [0.4, 0.5) is 5.69 Å². The molecule has 0 aliphatic heterocycles. The molecule has 0 saturated carbocycles. The highest BCUT2D eigenvalue weighted by atomic mass is 32.2. The number of para-hydroxylation sites is 1. The lowest BCUT2D eigenvalue weighted by molar-refractivity contribution is -0.121. The summed E-state index contributed by atoms with van der Waals surface area (Å²) in [4.78, 5) is 12.8. The number of hydrogen-bond donors (Lipinski definition) is 1. The number of nitrogens with zero attached hydrogens (tertiary/aromatic N) is 2. The van der Waals surface area contributed by atoms with Crippen molar-refractivity contribution in [1.29, 1.82) is 0 Å². The first-order valence-electron chi connectivity index (χ1n) is 11.9. The van der Waals surface area contributed by atoms with Gasteiger partial charge in [-0.3, -0.25) is 9.10 Å². The summed E-state index contributed by atoms with van der Waals surface area (Å²) < 4.78 is 43.2. The van der Waals surface area contributed by atoms with Crippen molar-refractivity contribution in [2.75, 3.05) is 23.8 Å². The molecule has 0 saturated heterocycles. The first kappa shape index (κ1) is 28.3. The lowest BCUT2D eigenvalue weighted by Crippen LogP contribution is -2.46. The lowest BCUT2D eigenvalue weighted by atomic mass is 10.2. The first-order valence-corrected chi connectivity index (χ1v) is 13.7. The van der Waals surface area contributed by atoms with Gasteiger partial charge in [0.2, 0.25) is 10.0 Å². The van der Waals surface area contributed by atoms with Gasteiger partial charge in [0.15, 0.2) is 11.5 Å². The van der Waals surface area contributed by atoms with E-state index in [0.29, 0.717) is 47.5 Å². The van der Waals surface area contributed by atoms with E-state index in [0.717, 1.165) is 10.6 Å². The zero-order chi connectivity index (χ0) is 27.5. The van der Waals surface area contributed by atoms with Crippen LogP contribution in [-0.4, -0.2) is 46.1 Å². The number of anilines is 1. The van der Waals surface area contributed by atoms with Crippen molar-refractivity contribution in [3.63, 3.8) is 0 Å². The van der Waals surface area contributed by atoms with Crippen LogP contribution in [-0.2, 0) is 14.8 Å². The number of amides is 1. The Bertz CT molecular complexity index is 1360. The highest BCUT2D eigenvalue weighted by Crippen LogP contribution is 2.29. The second-order valence-electron chi connectivity index (χ2n) is 8.12. The van der Waals surface area contributed by atoms with E-state index in [9.17, 15) is 13.2 Å². The van der Waals surface area contributed by atoms with E-state index in [-0.39, 0.29) is 0 Å². The van der Waals surface area contributed by atoms with Gasteiger partial charge >= 0.3 is 0 Å². The topological polar surface area (TPSA) is 107 Å². The maximum Gasteiger partial charge on any atom is 0.263 e. The van der Waals surface area contributed by atoms with Crippen molar-refractivity contribution in [2.45, 2.75) is 19.9 Å². The van der Waals surface area contributed by atoms with Gasteiger partial charge in [-0.05, 0) is 74.0 Å². The fraction of sp³-hybridized carbons (Fsp3) is 0.214. The van der Waals surface area contributed by atoms with Crippen LogP contribution in [0.15, 0.2) is 90.6 Å². The van der Waals surface area contributed by atoms with Gasteiger partial charge in [-0.15, -0.1) is 0 Å². The van der Waals surface area contributed by atoms with Gasteiger partial charge in [-0.25, -0.2) is 13.8 Å². The Morgan fingerprint density at radius 1 is 1.03 bits per heavy atom. The summed E-state index contributed by atoms with van der Waals surface area (Å²) in [6.45, 7) is 7.75. The smallest absolute Gasteiger partial charge is 0.263 e. The van der Waals surface area contributed by atoms with Gasteiger partial charge in [-0.2, -0.15) is 5.10 Å². The molecule has 0 heterocycles. The van der Waals surface area contributed by atoms with E-state index < -0.39 is 22.0 Å². The molecule has 1 atom stereocenters. The average molecular weight is 538 g/mol. The molecule has 1 amide bonds.